The maximum atomic E-state index is 9.41. The predicted octanol–water partition coefficient (Wildman–Crippen LogP) is 2.58. The molecule has 0 aliphatic carbocycles. The molecule has 1 aliphatic rings. The Labute approximate surface area is 164 Å². The summed E-state index contributed by atoms with van der Waals surface area (Å²) in [6.07, 6.45) is 2.36. The van der Waals surface area contributed by atoms with Crippen LogP contribution in [0.15, 0.2) is 29.3 Å². The van der Waals surface area contributed by atoms with Crippen molar-refractivity contribution in [3.63, 3.8) is 0 Å². The fourth-order valence-electron chi connectivity index (χ4n) is 3.65. The summed E-state index contributed by atoms with van der Waals surface area (Å²) in [4.78, 5) is 7.28. The van der Waals surface area contributed by atoms with Gasteiger partial charge in [0.2, 0.25) is 0 Å². The van der Waals surface area contributed by atoms with Crippen LogP contribution in [0.3, 0.4) is 0 Å². The van der Waals surface area contributed by atoms with Crippen LogP contribution in [0.5, 0.6) is 5.75 Å². The van der Waals surface area contributed by atoms with Crippen molar-refractivity contribution in [1.82, 2.24) is 15.5 Å². The Morgan fingerprint density at radius 3 is 2.37 bits per heavy atom. The molecule has 3 N–H and O–H groups in total. The van der Waals surface area contributed by atoms with Crippen LogP contribution >= 0.6 is 0 Å². The average molecular weight is 377 g/mol. The third kappa shape index (κ3) is 7.03. The second-order valence-corrected chi connectivity index (χ2v) is 7.03. The minimum absolute atomic E-state index is 0.284. The number of aliphatic imine (C=N–C) groups is 1. The molecule has 6 heteroatoms. The lowest BCUT2D eigenvalue weighted by atomic mass is 9.92. The number of ether oxygens (including phenoxy) is 1. The number of hydrogen-bond donors (Lipinski definition) is 3. The number of nitrogens with zero attached hydrogens (tertiary/aromatic N) is 2. The molecule has 27 heavy (non-hydrogen) atoms. The molecule has 1 aromatic rings. The van der Waals surface area contributed by atoms with Crippen molar-refractivity contribution in [1.29, 1.82) is 0 Å². The summed E-state index contributed by atoms with van der Waals surface area (Å²) >= 11 is 0. The Balaban J connectivity index is 2.00. The van der Waals surface area contributed by atoms with Gasteiger partial charge in [0.15, 0.2) is 5.96 Å². The quantitative estimate of drug-likeness (QED) is 0.457. The van der Waals surface area contributed by atoms with E-state index in [2.05, 4.69) is 36.3 Å². The van der Waals surface area contributed by atoms with Crippen molar-refractivity contribution in [3.8, 4) is 5.75 Å². The van der Waals surface area contributed by atoms with Gasteiger partial charge in [-0.05, 0) is 30.5 Å². The lowest BCUT2D eigenvalue weighted by Crippen LogP contribution is -2.53. The first kappa shape index (κ1) is 21.5. The Morgan fingerprint density at radius 2 is 1.78 bits per heavy atom. The minimum atomic E-state index is 0.284. The summed E-state index contributed by atoms with van der Waals surface area (Å²) < 4.78 is 5.54. The van der Waals surface area contributed by atoms with E-state index < -0.39 is 0 Å². The molecule has 6 nitrogen and oxygen atoms in total. The fraction of sp³-hybridized carbons (Fsp3) is 0.667. The van der Waals surface area contributed by atoms with Crippen LogP contribution in [-0.2, 0) is 11.3 Å². The summed E-state index contributed by atoms with van der Waals surface area (Å²) in [6, 6.07) is 7.70. The molecule has 2 rings (SSSR count). The number of hydrogen-bond acceptors (Lipinski definition) is 4. The third-order valence-electron chi connectivity index (χ3n) is 5.29. The van der Waals surface area contributed by atoms with E-state index in [0.717, 1.165) is 50.9 Å². The van der Waals surface area contributed by atoms with Crippen molar-refractivity contribution in [3.05, 3.63) is 29.8 Å². The van der Waals surface area contributed by atoms with Gasteiger partial charge in [0.05, 0.1) is 19.8 Å². The summed E-state index contributed by atoms with van der Waals surface area (Å²) in [7, 11) is 0. The summed E-state index contributed by atoms with van der Waals surface area (Å²) in [6.45, 7) is 12.6. The highest BCUT2D eigenvalue weighted by molar-refractivity contribution is 5.79. The Morgan fingerprint density at radius 1 is 1.11 bits per heavy atom. The number of rotatable bonds is 9. The first-order chi connectivity index (χ1) is 13.2. The van der Waals surface area contributed by atoms with Gasteiger partial charge < -0.3 is 20.5 Å². The van der Waals surface area contributed by atoms with E-state index in [1.165, 1.54) is 12.8 Å². The minimum Gasteiger partial charge on any atom is -0.508 e. The average Bonchev–Trinajstić information content (AvgIpc) is 2.71. The van der Waals surface area contributed by atoms with Gasteiger partial charge in [0.1, 0.15) is 5.75 Å². The van der Waals surface area contributed by atoms with E-state index in [1.807, 2.05) is 12.1 Å². The molecule has 152 valence electrons. The maximum Gasteiger partial charge on any atom is 0.191 e. The number of phenols is 1. The van der Waals surface area contributed by atoms with Crippen LogP contribution in [0.1, 0.15) is 39.2 Å². The van der Waals surface area contributed by atoms with Gasteiger partial charge in [-0.1, -0.05) is 38.8 Å². The zero-order chi connectivity index (χ0) is 19.5. The fourth-order valence-corrected chi connectivity index (χ4v) is 3.65. The molecule has 1 aliphatic heterocycles. The van der Waals surface area contributed by atoms with Gasteiger partial charge in [0, 0.05) is 32.2 Å². The summed E-state index contributed by atoms with van der Waals surface area (Å²) in [5.74, 6) is 1.79. The summed E-state index contributed by atoms with van der Waals surface area (Å²) in [5.41, 5.74) is 1.08. The molecule has 0 amide bonds. The molecule has 1 aromatic carbocycles. The van der Waals surface area contributed by atoms with Gasteiger partial charge in [-0.3, -0.25) is 4.90 Å². The smallest absolute Gasteiger partial charge is 0.191 e. The normalized spacial score (nSPS) is 17.1. The van der Waals surface area contributed by atoms with Crippen LogP contribution in [-0.4, -0.2) is 61.4 Å². The van der Waals surface area contributed by atoms with E-state index in [4.69, 9.17) is 9.73 Å². The number of morpholine rings is 1. The van der Waals surface area contributed by atoms with E-state index in [0.29, 0.717) is 18.5 Å². The molecule has 0 saturated carbocycles. The highest BCUT2D eigenvalue weighted by Crippen LogP contribution is 2.19. The van der Waals surface area contributed by atoms with E-state index in [1.54, 1.807) is 12.1 Å². The highest BCUT2D eigenvalue weighted by Gasteiger charge is 2.26. The van der Waals surface area contributed by atoms with Gasteiger partial charge in [0.25, 0.3) is 0 Å². The molecule has 0 radical (unpaired) electrons. The number of phenolic OH excluding ortho intramolecular Hbond substituents is 1. The monoisotopic (exact) mass is 376 g/mol. The lowest BCUT2D eigenvalue weighted by molar-refractivity contribution is 0.00272. The zero-order valence-corrected chi connectivity index (χ0v) is 17.1. The molecule has 1 saturated heterocycles. The van der Waals surface area contributed by atoms with Gasteiger partial charge >= 0.3 is 0 Å². The largest absolute Gasteiger partial charge is 0.508 e. The van der Waals surface area contributed by atoms with Crippen LogP contribution in [0.25, 0.3) is 0 Å². The molecular weight excluding hydrogens is 340 g/mol. The highest BCUT2D eigenvalue weighted by atomic mass is 16.5. The van der Waals surface area contributed by atoms with Gasteiger partial charge in [-0.15, -0.1) is 0 Å². The van der Waals surface area contributed by atoms with Gasteiger partial charge in [-0.25, -0.2) is 4.99 Å². The second kappa shape index (κ2) is 11.8. The summed E-state index contributed by atoms with van der Waals surface area (Å²) in [5, 5.41) is 16.3. The predicted molar refractivity (Wildman–Crippen MR) is 111 cm³/mol. The first-order valence-electron chi connectivity index (χ1n) is 10.3. The van der Waals surface area contributed by atoms with Crippen LogP contribution in [0.2, 0.25) is 0 Å². The molecule has 1 heterocycles. The van der Waals surface area contributed by atoms with Crippen LogP contribution in [0.4, 0.5) is 0 Å². The second-order valence-electron chi connectivity index (χ2n) is 7.03. The zero-order valence-electron chi connectivity index (χ0n) is 17.1. The molecule has 0 bridgehead atoms. The molecule has 1 unspecified atom stereocenters. The van der Waals surface area contributed by atoms with Crippen LogP contribution in [0, 0.1) is 5.92 Å². The molecule has 1 fully saturated rings. The molecule has 0 spiro atoms. The van der Waals surface area contributed by atoms with Crippen molar-refractivity contribution in [2.24, 2.45) is 10.9 Å². The SMILES string of the molecule is CCNC(=NCc1ccc(O)cc1)NCC(C(CC)CC)N1CCOCC1. The number of nitrogens with one attached hydrogen (secondary N) is 2. The number of aromatic hydroxyl groups is 1. The lowest BCUT2D eigenvalue weighted by Gasteiger charge is -2.39. The standard InChI is InChI=1S/C21H36N4O2/c1-4-18(5-2)20(25-11-13-27-14-12-25)16-24-21(22-6-3)23-15-17-7-9-19(26)10-8-17/h7-10,18,20,26H,4-6,11-16H2,1-3H3,(H2,22,23,24). The third-order valence-corrected chi connectivity index (χ3v) is 5.29. The first-order valence-corrected chi connectivity index (χ1v) is 10.3. The van der Waals surface area contributed by atoms with E-state index in [-0.39, 0.29) is 5.75 Å². The van der Waals surface area contributed by atoms with E-state index in [9.17, 15) is 5.11 Å². The molecular formula is C21H36N4O2. The van der Waals surface area contributed by atoms with E-state index >= 15 is 0 Å². The Kier molecular flexibility index (Phi) is 9.42. The van der Waals surface area contributed by atoms with Crippen molar-refractivity contribution in [2.75, 3.05) is 39.4 Å². The van der Waals surface area contributed by atoms with Crippen molar-refractivity contribution < 1.29 is 9.84 Å². The van der Waals surface area contributed by atoms with Gasteiger partial charge in [-0.2, -0.15) is 0 Å². The molecule has 1 atom stereocenters. The van der Waals surface area contributed by atoms with Crippen LogP contribution < -0.4 is 10.6 Å². The van der Waals surface area contributed by atoms with Crippen molar-refractivity contribution >= 4 is 5.96 Å². The number of benzene rings is 1. The number of guanidine groups is 1. The maximum absolute atomic E-state index is 9.41. The Hall–Kier alpha value is -1.79. The van der Waals surface area contributed by atoms with Crippen molar-refractivity contribution in [2.45, 2.75) is 46.2 Å². The topological polar surface area (TPSA) is 69.1 Å². The molecule has 0 aromatic heterocycles. The Bertz CT molecular complexity index is 552.